The third kappa shape index (κ3) is 2.89. The van der Waals surface area contributed by atoms with Crippen LogP contribution in [0.4, 0.5) is 10.2 Å². The number of nitrogens with one attached hydrogen (secondary N) is 2. The molecule has 1 aromatic carbocycles. The number of fused-ring (bicyclic) bond motifs is 2. The molecule has 0 atom stereocenters. The van der Waals surface area contributed by atoms with Crippen LogP contribution in [0.2, 0.25) is 0 Å². The average molecular weight is 404 g/mol. The predicted molar refractivity (Wildman–Crippen MR) is 113 cm³/mol. The number of allylic oxidation sites excluding steroid dienone is 1. The van der Waals surface area contributed by atoms with Gasteiger partial charge in [-0.3, -0.25) is 9.59 Å². The van der Waals surface area contributed by atoms with Crippen molar-refractivity contribution >= 4 is 40.2 Å². The number of hydrogen-bond acceptors (Lipinski definition) is 3. The van der Waals surface area contributed by atoms with Crippen molar-refractivity contribution in [3.05, 3.63) is 58.7 Å². The first-order chi connectivity index (χ1) is 14.5. The second kappa shape index (κ2) is 6.79. The highest BCUT2D eigenvalue weighted by Gasteiger charge is 2.32. The van der Waals surface area contributed by atoms with Crippen LogP contribution in [0, 0.1) is 11.7 Å². The maximum absolute atomic E-state index is 15.4. The third-order valence-electron chi connectivity index (χ3n) is 5.89. The minimum Gasteiger partial charge on any atom is -0.355 e. The summed E-state index contributed by atoms with van der Waals surface area (Å²) in [5.74, 6) is -0.137. The molecule has 2 aliphatic rings. The third-order valence-corrected chi connectivity index (χ3v) is 5.89. The summed E-state index contributed by atoms with van der Waals surface area (Å²) in [5.41, 5.74) is 3.61. The van der Waals surface area contributed by atoms with Gasteiger partial charge in [0.25, 0.3) is 5.91 Å². The van der Waals surface area contributed by atoms with Gasteiger partial charge in [-0.2, -0.15) is 0 Å². The maximum Gasteiger partial charge on any atom is 0.253 e. The van der Waals surface area contributed by atoms with E-state index in [0.717, 1.165) is 29.4 Å². The lowest BCUT2D eigenvalue weighted by molar-refractivity contribution is -0.117. The van der Waals surface area contributed by atoms with Crippen molar-refractivity contribution in [2.75, 3.05) is 12.4 Å². The van der Waals surface area contributed by atoms with Gasteiger partial charge in [-0.05, 0) is 36.1 Å². The minimum absolute atomic E-state index is 0.0343. The number of rotatable bonds is 4. The van der Waals surface area contributed by atoms with Gasteiger partial charge in [-0.15, -0.1) is 0 Å². The molecule has 3 aromatic rings. The van der Waals surface area contributed by atoms with Gasteiger partial charge in [0.05, 0.1) is 11.1 Å². The van der Waals surface area contributed by atoms with Gasteiger partial charge in [0, 0.05) is 55.3 Å². The van der Waals surface area contributed by atoms with E-state index in [1.165, 1.54) is 6.20 Å². The fourth-order valence-corrected chi connectivity index (χ4v) is 4.07. The zero-order valence-electron chi connectivity index (χ0n) is 16.8. The van der Waals surface area contributed by atoms with Crippen molar-refractivity contribution in [1.29, 1.82) is 0 Å². The van der Waals surface area contributed by atoms with Gasteiger partial charge >= 0.3 is 0 Å². The minimum atomic E-state index is -0.294. The molecule has 1 fully saturated rings. The molecule has 0 spiro atoms. The summed E-state index contributed by atoms with van der Waals surface area (Å²) in [6, 6.07) is 5.54. The van der Waals surface area contributed by atoms with E-state index < -0.39 is 0 Å². The van der Waals surface area contributed by atoms with E-state index in [9.17, 15) is 9.59 Å². The van der Waals surface area contributed by atoms with Gasteiger partial charge < -0.3 is 15.2 Å². The van der Waals surface area contributed by atoms with Gasteiger partial charge in [0.2, 0.25) is 5.91 Å². The van der Waals surface area contributed by atoms with Crippen LogP contribution in [0.25, 0.3) is 22.6 Å². The monoisotopic (exact) mass is 404 g/mol. The lowest BCUT2D eigenvalue weighted by Gasteiger charge is -2.12. The average Bonchev–Trinajstić information content (AvgIpc) is 3.39. The number of aromatic nitrogens is 2. The Balaban J connectivity index is 1.60. The Hall–Kier alpha value is -3.48. The molecule has 2 aromatic heterocycles. The Morgan fingerprint density at radius 3 is 2.77 bits per heavy atom. The number of hydrogen-bond donors (Lipinski definition) is 2. The summed E-state index contributed by atoms with van der Waals surface area (Å²) in [4.78, 5) is 29.0. The number of anilines is 1. The predicted octanol–water partition coefficient (Wildman–Crippen LogP) is 3.52. The van der Waals surface area contributed by atoms with Crippen LogP contribution in [-0.2, 0) is 18.3 Å². The van der Waals surface area contributed by atoms with Crippen LogP contribution in [0.1, 0.15) is 39.9 Å². The number of carbonyl (C=O) groups is 2. The first kappa shape index (κ1) is 18.5. The van der Waals surface area contributed by atoms with E-state index in [-0.39, 0.29) is 23.5 Å². The molecule has 2 N–H and O–H groups in total. The molecule has 152 valence electrons. The number of aryl methyl sites for hydroxylation is 1. The molecule has 7 heteroatoms. The lowest BCUT2D eigenvalue weighted by atomic mass is 10.0. The second-order valence-corrected chi connectivity index (χ2v) is 7.89. The van der Waals surface area contributed by atoms with Crippen LogP contribution >= 0.6 is 0 Å². The highest BCUT2D eigenvalue weighted by molar-refractivity contribution is 6.05. The van der Waals surface area contributed by atoms with E-state index in [2.05, 4.69) is 15.6 Å². The maximum atomic E-state index is 15.4. The summed E-state index contributed by atoms with van der Waals surface area (Å²) in [5, 5.41) is 6.35. The SMILES string of the molecule is CNC(=O)c1cnc(NC(=O)C2CC2)c2c1C=C(c1ccc3ccn(C)c3c1F)C2. The van der Waals surface area contributed by atoms with Crippen LogP contribution in [0.15, 0.2) is 30.6 Å². The van der Waals surface area contributed by atoms with Crippen molar-refractivity contribution in [3.63, 3.8) is 0 Å². The van der Waals surface area contributed by atoms with Gasteiger partial charge in [-0.1, -0.05) is 12.1 Å². The normalized spacial score (nSPS) is 15.1. The Kier molecular flexibility index (Phi) is 4.20. The van der Waals surface area contributed by atoms with Crippen molar-refractivity contribution in [1.82, 2.24) is 14.9 Å². The molecular formula is C23H21FN4O2. The molecular weight excluding hydrogens is 383 g/mol. The topological polar surface area (TPSA) is 76.0 Å². The quantitative estimate of drug-likeness (QED) is 0.699. The van der Waals surface area contributed by atoms with Crippen LogP contribution in [0.5, 0.6) is 0 Å². The van der Waals surface area contributed by atoms with Crippen molar-refractivity contribution in [3.8, 4) is 0 Å². The molecule has 5 rings (SSSR count). The van der Waals surface area contributed by atoms with Crippen LogP contribution in [0.3, 0.4) is 0 Å². The summed E-state index contributed by atoms with van der Waals surface area (Å²) in [6.07, 6.45) is 7.29. The smallest absolute Gasteiger partial charge is 0.253 e. The highest BCUT2D eigenvalue weighted by Crippen LogP contribution is 2.39. The van der Waals surface area contributed by atoms with E-state index >= 15 is 4.39 Å². The Morgan fingerprint density at radius 2 is 2.03 bits per heavy atom. The molecule has 0 aliphatic heterocycles. The Bertz CT molecular complexity index is 1250. The summed E-state index contributed by atoms with van der Waals surface area (Å²) in [7, 11) is 3.37. The first-order valence-electron chi connectivity index (χ1n) is 9.97. The highest BCUT2D eigenvalue weighted by atomic mass is 19.1. The molecule has 0 saturated heterocycles. The van der Waals surface area contributed by atoms with Crippen molar-refractivity contribution in [2.24, 2.45) is 13.0 Å². The van der Waals surface area contributed by atoms with Crippen molar-refractivity contribution < 1.29 is 14.0 Å². The van der Waals surface area contributed by atoms with Crippen LogP contribution < -0.4 is 10.6 Å². The molecule has 1 saturated carbocycles. The van der Waals surface area contributed by atoms with E-state index in [1.54, 1.807) is 17.7 Å². The van der Waals surface area contributed by atoms with Gasteiger partial charge in [0.1, 0.15) is 5.82 Å². The number of nitrogens with zero attached hydrogens (tertiary/aromatic N) is 2. The molecule has 6 nitrogen and oxygen atoms in total. The number of pyridine rings is 1. The molecule has 2 amide bonds. The largest absolute Gasteiger partial charge is 0.355 e. The zero-order valence-corrected chi connectivity index (χ0v) is 16.8. The Morgan fingerprint density at radius 1 is 1.23 bits per heavy atom. The lowest BCUT2D eigenvalue weighted by Crippen LogP contribution is -2.21. The fourth-order valence-electron chi connectivity index (χ4n) is 4.07. The molecule has 0 radical (unpaired) electrons. The number of amides is 2. The van der Waals surface area contributed by atoms with Gasteiger partial charge in [0.15, 0.2) is 5.82 Å². The van der Waals surface area contributed by atoms with E-state index in [4.69, 9.17) is 0 Å². The van der Waals surface area contributed by atoms with E-state index in [1.807, 2.05) is 31.5 Å². The van der Waals surface area contributed by atoms with Crippen LogP contribution in [-0.4, -0.2) is 28.4 Å². The summed E-state index contributed by atoms with van der Waals surface area (Å²) >= 11 is 0. The number of carbonyl (C=O) groups excluding carboxylic acids is 2. The van der Waals surface area contributed by atoms with Gasteiger partial charge in [-0.25, -0.2) is 9.37 Å². The second-order valence-electron chi connectivity index (χ2n) is 7.89. The number of benzene rings is 1. The zero-order chi connectivity index (χ0) is 21.0. The summed E-state index contributed by atoms with van der Waals surface area (Å²) < 4.78 is 17.1. The molecule has 2 aliphatic carbocycles. The molecule has 0 unspecified atom stereocenters. The Labute approximate surface area is 172 Å². The fraction of sp³-hybridized carbons (Fsp3) is 0.261. The van der Waals surface area contributed by atoms with E-state index in [0.29, 0.717) is 34.4 Å². The number of halogens is 1. The van der Waals surface area contributed by atoms with Crippen molar-refractivity contribution in [2.45, 2.75) is 19.3 Å². The standard InChI is InChI=1S/C23H21FN4O2/c1-25-23(30)18-11-26-21(27-22(29)13-3-4-13)17-10-14(9-16(17)18)15-6-5-12-7-8-28(2)20(12)19(15)24/h5-9,11,13H,3-4,10H2,1-2H3,(H,25,30)(H,26,27,29). The molecule has 2 heterocycles. The summed E-state index contributed by atoms with van der Waals surface area (Å²) in [6.45, 7) is 0. The first-order valence-corrected chi connectivity index (χ1v) is 9.97. The molecule has 30 heavy (non-hydrogen) atoms. The molecule has 0 bridgehead atoms.